The Bertz CT molecular complexity index is 526. The summed E-state index contributed by atoms with van der Waals surface area (Å²) in [5.74, 6) is 0. The molecule has 0 atom stereocenters. The molecule has 0 aliphatic heterocycles. The summed E-state index contributed by atoms with van der Waals surface area (Å²) >= 11 is 0. The number of anilines is 4. The fraction of sp³-hybridized carbons (Fsp3) is 0.368. The van der Waals surface area contributed by atoms with Crippen LogP contribution in [0.1, 0.15) is 12.8 Å². The highest BCUT2D eigenvalue weighted by Gasteiger charge is 1.99. The highest BCUT2D eigenvalue weighted by molar-refractivity contribution is 5.51. The van der Waals surface area contributed by atoms with Crippen LogP contribution >= 0.6 is 0 Å². The molecule has 2 aromatic rings. The van der Waals surface area contributed by atoms with Crippen molar-refractivity contribution >= 4 is 22.7 Å². The molecule has 0 aliphatic carbocycles. The van der Waals surface area contributed by atoms with Crippen LogP contribution in [0.2, 0.25) is 0 Å². The zero-order chi connectivity index (χ0) is 17.2. The molecule has 0 heterocycles. The number of nitrogens with two attached hydrogens (primary N) is 2. The van der Waals surface area contributed by atoms with Gasteiger partial charge in [0.25, 0.3) is 0 Å². The second-order valence-electron chi connectivity index (χ2n) is 6.11. The summed E-state index contributed by atoms with van der Waals surface area (Å²) in [7, 11) is 2.17. The third kappa shape index (κ3) is 6.79. The Kier molecular flexibility index (Phi) is 7.23. The summed E-state index contributed by atoms with van der Waals surface area (Å²) in [4.78, 5) is 2.37. The third-order valence-corrected chi connectivity index (χ3v) is 3.91. The molecule has 2 aromatic carbocycles. The van der Waals surface area contributed by atoms with Crippen molar-refractivity contribution in [2.24, 2.45) is 0 Å². The number of nitrogen functional groups attached to an aromatic ring is 2. The summed E-state index contributed by atoms with van der Waals surface area (Å²) in [6.07, 6.45) is 2.23. The predicted octanol–water partition coefficient (Wildman–Crippen LogP) is 3.09. The van der Waals surface area contributed by atoms with Crippen LogP contribution in [0.5, 0.6) is 0 Å². The van der Waals surface area contributed by atoms with Crippen LogP contribution in [-0.4, -0.2) is 38.1 Å². The Morgan fingerprint density at radius 3 is 1.46 bits per heavy atom. The van der Waals surface area contributed by atoms with Gasteiger partial charge in [0.2, 0.25) is 0 Å². The molecule has 5 heteroatoms. The Morgan fingerprint density at radius 2 is 1.08 bits per heavy atom. The first kappa shape index (κ1) is 17.9. The maximum absolute atomic E-state index is 5.68. The summed E-state index contributed by atoms with van der Waals surface area (Å²) in [5.41, 5.74) is 15.2. The maximum atomic E-state index is 5.68. The Morgan fingerprint density at radius 1 is 0.708 bits per heavy atom. The van der Waals surface area contributed by atoms with Crippen molar-refractivity contribution in [2.45, 2.75) is 12.8 Å². The van der Waals surface area contributed by atoms with Crippen molar-refractivity contribution in [3.05, 3.63) is 48.5 Å². The van der Waals surface area contributed by atoms with E-state index in [1.807, 2.05) is 48.5 Å². The van der Waals surface area contributed by atoms with E-state index in [1.54, 1.807) is 0 Å². The standard InChI is InChI=1S/C19H29N5/c1-24(14-2-12-22-18-8-4-16(20)5-9-18)15-3-13-23-19-10-6-17(21)7-11-19/h4-11,22-23H,2-3,12-15,20-21H2,1H3. The van der Waals surface area contributed by atoms with Gasteiger partial charge in [0, 0.05) is 35.8 Å². The van der Waals surface area contributed by atoms with E-state index >= 15 is 0 Å². The highest BCUT2D eigenvalue weighted by Crippen LogP contribution is 2.11. The number of nitrogens with zero attached hydrogens (tertiary/aromatic N) is 1. The summed E-state index contributed by atoms with van der Waals surface area (Å²) in [5, 5.41) is 6.83. The molecule has 0 saturated carbocycles. The Hall–Kier alpha value is -2.40. The molecule has 0 bridgehead atoms. The average molecular weight is 327 g/mol. The monoisotopic (exact) mass is 327 g/mol. The average Bonchev–Trinajstić information content (AvgIpc) is 2.59. The van der Waals surface area contributed by atoms with Gasteiger partial charge in [-0.2, -0.15) is 0 Å². The molecule has 130 valence electrons. The van der Waals surface area contributed by atoms with Crippen LogP contribution in [0.4, 0.5) is 22.7 Å². The van der Waals surface area contributed by atoms with Crippen molar-refractivity contribution in [2.75, 3.05) is 55.3 Å². The lowest BCUT2D eigenvalue weighted by Crippen LogP contribution is -2.24. The predicted molar refractivity (Wildman–Crippen MR) is 105 cm³/mol. The van der Waals surface area contributed by atoms with Crippen LogP contribution in [0.15, 0.2) is 48.5 Å². The second kappa shape index (κ2) is 9.67. The van der Waals surface area contributed by atoms with Crippen LogP contribution in [0.3, 0.4) is 0 Å². The molecule has 5 nitrogen and oxygen atoms in total. The van der Waals surface area contributed by atoms with E-state index in [9.17, 15) is 0 Å². The van der Waals surface area contributed by atoms with Gasteiger partial charge in [-0.3, -0.25) is 0 Å². The molecule has 0 unspecified atom stereocenters. The first-order valence-corrected chi connectivity index (χ1v) is 8.51. The van der Waals surface area contributed by atoms with E-state index in [2.05, 4.69) is 22.6 Å². The van der Waals surface area contributed by atoms with E-state index in [1.165, 1.54) is 0 Å². The molecule has 6 N–H and O–H groups in total. The number of benzene rings is 2. The maximum Gasteiger partial charge on any atom is 0.0341 e. The van der Waals surface area contributed by atoms with Gasteiger partial charge < -0.3 is 27.0 Å². The van der Waals surface area contributed by atoms with Crippen LogP contribution in [-0.2, 0) is 0 Å². The van der Waals surface area contributed by atoms with Gasteiger partial charge in [-0.05, 0) is 81.5 Å². The van der Waals surface area contributed by atoms with Gasteiger partial charge in [-0.25, -0.2) is 0 Å². The fourth-order valence-electron chi connectivity index (χ4n) is 2.48. The smallest absolute Gasteiger partial charge is 0.0341 e. The number of hydrogen-bond acceptors (Lipinski definition) is 5. The summed E-state index contributed by atoms with van der Waals surface area (Å²) < 4.78 is 0. The lowest BCUT2D eigenvalue weighted by atomic mass is 10.2. The lowest BCUT2D eigenvalue weighted by molar-refractivity contribution is 0.331. The molecule has 0 fully saturated rings. The molecule has 2 rings (SSSR count). The van der Waals surface area contributed by atoms with E-state index in [0.29, 0.717) is 0 Å². The second-order valence-corrected chi connectivity index (χ2v) is 6.11. The van der Waals surface area contributed by atoms with E-state index in [0.717, 1.165) is 61.8 Å². The van der Waals surface area contributed by atoms with Gasteiger partial charge >= 0.3 is 0 Å². The van der Waals surface area contributed by atoms with Crippen LogP contribution < -0.4 is 22.1 Å². The topological polar surface area (TPSA) is 79.3 Å². The lowest BCUT2D eigenvalue weighted by Gasteiger charge is -2.17. The quantitative estimate of drug-likeness (QED) is 0.398. The zero-order valence-electron chi connectivity index (χ0n) is 14.5. The fourth-order valence-corrected chi connectivity index (χ4v) is 2.48. The number of hydrogen-bond donors (Lipinski definition) is 4. The first-order valence-electron chi connectivity index (χ1n) is 8.51. The van der Waals surface area contributed by atoms with Gasteiger partial charge in [0.1, 0.15) is 0 Å². The Balaban J connectivity index is 1.51. The molecule has 0 saturated heterocycles. The van der Waals surface area contributed by atoms with Gasteiger partial charge in [0.05, 0.1) is 0 Å². The van der Waals surface area contributed by atoms with Gasteiger partial charge in [0.15, 0.2) is 0 Å². The molecule has 0 amide bonds. The molecule has 0 spiro atoms. The van der Waals surface area contributed by atoms with E-state index in [4.69, 9.17) is 11.5 Å². The van der Waals surface area contributed by atoms with Crippen molar-refractivity contribution in [3.8, 4) is 0 Å². The minimum atomic E-state index is 0.799. The van der Waals surface area contributed by atoms with Gasteiger partial charge in [-0.1, -0.05) is 0 Å². The minimum absolute atomic E-state index is 0.799. The molecular weight excluding hydrogens is 298 g/mol. The first-order chi connectivity index (χ1) is 11.6. The number of rotatable bonds is 10. The van der Waals surface area contributed by atoms with E-state index in [-0.39, 0.29) is 0 Å². The number of nitrogens with one attached hydrogen (secondary N) is 2. The highest BCUT2D eigenvalue weighted by atomic mass is 15.1. The van der Waals surface area contributed by atoms with Crippen molar-refractivity contribution < 1.29 is 0 Å². The molecular formula is C19H29N5. The zero-order valence-corrected chi connectivity index (χ0v) is 14.5. The normalized spacial score (nSPS) is 10.8. The summed E-state index contributed by atoms with van der Waals surface area (Å²) in [6.45, 7) is 4.11. The Labute approximate surface area is 145 Å². The summed E-state index contributed by atoms with van der Waals surface area (Å²) in [6, 6.07) is 15.7. The molecule has 0 aliphatic rings. The SMILES string of the molecule is CN(CCCNc1ccc(N)cc1)CCCNc1ccc(N)cc1. The third-order valence-electron chi connectivity index (χ3n) is 3.91. The van der Waals surface area contributed by atoms with Crippen LogP contribution in [0, 0.1) is 0 Å². The van der Waals surface area contributed by atoms with Crippen molar-refractivity contribution in [1.82, 2.24) is 4.90 Å². The van der Waals surface area contributed by atoms with Crippen molar-refractivity contribution in [1.29, 1.82) is 0 Å². The van der Waals surface area contributed by atoms with Gasteiger partial charge in [-0.15, -0.1) is 0 Å². The molecule has 0 aromatic heterocycles. The van der Waals surface area contributed by atoms with Crippen LogP contribution in [0.25, 0.3) is 0 Å². The van der Waals surface area contributed by atoms with Crippen molar-refractivity contribution in [3.63, 3.8) is 0 Å². The molecule has 24 heavy (non-hydrogen) atoms. The minimum Gasteiger partial charge on any atom is -0.399 e. The van der Waals surface area contributed by atoms with E-state index < -0.39 is 0 Å². The molecule has 0 radical (unpaired) electrons. The largest absolute Gasteiger partial charge is 0.399 e.